The number of pyridine rings is 2. The summed E-state index contributed by atoms with van der Waals surface area (Å²) in [5, 5.41) is 4.07. The Morgan fingerprint density at radius 3 is 2.07 bits per heavy atom. The maximum Gasteiger partial charge on any atom is 0.0798 e. The summed E-state index contributed by atoms with van der Waals surface area (Å²) in [5.41, 5.74) is 14.0. The fourth-order valence-corrected chi connectivity index (χ4v) is 10.2. The molecule has 0 bridgehead atoms. The maximum absolute atomic E-state index is 4.72. The molecular weight excluding hydrogens is 869 g/mol. The molecule has 2 nitrogen and oxygen atoms in total. The third kappa shape index (κ3) is 9.37. The summed E-state index contributed by atoms with van der Waals surface area (Å²) in [6, 6.07) is 37.2. The Kier molecular flexibility index (Phi) is 12.4. The van der Waals surface area contributed by atoms with Crippen LogP contribution in [0.25, 0.3) is 53.8 Å². The number of benzene rings is 4. The number of thiophene rings is 1. The van der Waals surface area contributed by atoms with Gasteiger partial charge in [0.05, 0.1) is 8.07 Å². The number of fused-ring (bicyclic) bond motifs is 3. The van der Waals surface area contributed by atoms with Crippen molar-refractivity contribution in [2.24, 2.45) is 5.41 Å². The number of hydrogen-bond donors (Lipinski definition) is 0. The molecule has 7 rings (SSSR count). The summed E-state index contributed by atoms with van der Waals surface area (Å²) in [6.45, 7) is 27.4. The third-order valence-corrected chi connectivity index (χ3v) is 13.0. The zero-order valence-electron chi connectivity index (χ0n) is 34.1. The summed E-state index contributed by atoms with van der Waals surface area (Å²) in [4.78, 5) is 9.42. The summed E-state index contributed by atoms with van der Waals surface area (Å²) in [5.74, 6) is 0. The maximum atomic E-state index is 4.72. The predicted octanol–water partition coefficient (Wildman–Crippen LogP) is 13.5. The minimum atomic E-state index is -1.37. The third-order valence-electron chi connectivity index (χ3n) is 9.78. The van der Waals surface area contributed by atoms with E-state index in [0.717, 1.165) is 28.9 Å². The van der Waals surface area contributed by atoms with Crippen LogP contribution in [0.3, 0.4) is 0 Å². The first-order valence-corrected chi connectivity index (χ1v) is 23.1. The summed E-state index contributed by atoms with van der Waals surface area (Å²) in [7, 11) is -1.37. The molecule has 3 heterocycles. The van der Waals surface area contributed by atoms with E-state index in [1.807, 2.05) is 41.8 Å². The van der Waals surface area contributed by atoms with Gasteiger partial charge in [0.2, 0.25) is 0 Å². The summed E-state index contributed by atoms with van der Waals surface area (Å²) in [6.07, 6.45) is 5.13. The van der Waals surface area contributed by atoms with E-state index in [9.17, 15) is 0 Å². The number of aryl methyl sites for hydroxylation is 3. The van der Waals surface area contributed by atoms with Crippen LogP contribution in [-0.4, -0.2) is 18.0 Å². The summed E-state index contributed by atoms with van der Waals surface area (Å²) >= 11 is 1.85. The molecule has 0 unspecified atom stereocenters. The summed E-state index contributed by atoms with van der Waals surface area (Å²) < 4.78 is 2.57. The van der Waals surface area contributed by atoms with Crippen molar-refractivity contribution in [1.82, 2.24) is 9.97 Å². The van der Waals surface area contributed by atoms with Gasteiger partial charge in [-0.05, 0) is 105 Å². The average molecular weight is 923 g/mol. The van der Waals surface area contributed by atoms with E-state index in [0.29, 0.717) is 0 Å². The average Bonchev–Trinajstić information content (AvgIpc) is 3.45. The van der Waals surface area contributed by atoms with Gasteiger partial charge in [0.25, 0.3) is 0 Å². The first-order valence-electron chi connectivity index (χ1n) is 18.8. The van der Waals surface area contributed by atoms with Crippen molar-refractivity contribution in [3.05, 3.63) is 137 Å². The Balaban J connectivity index is 0.000000223. The van der Waals surface area contributed by atoms with Crippen LogP contribution in [0.2, 0.25) is 19.6 Å². The van der Waals surface area contributed by atoms with Crippen LogP contribution in [0.5, 0.6) is 0 Å². The van der Waals surface area contributed by atoms with E-state index in [1.165, 1.54) is 64.3 Å². The van der Waals surface area contributed by atoms with Gasteiger partial charge in [-0.3, -0.25) is 0 Å². The van der Waals surface area contributed by atoms with Gasteiger partial charge in [-0.25, -0.2) is 0 Å². The van der Waals surface area contributed by atoms with Gasteiger partial charge >= 0.3 is 0 Å². The Morgan fingerprint density at radius 2 is 1.44 bits per heavy atom. The molecular formula is C49H54IrN2SSi-2. The predicted molar refractivity (Wildman–Crippen MR) is 234 cm³/mol. The fourth-order valence-electron chi connectivity index (χ4n) is 7.35. The van der Waals surface area contributed by atoms with Crippen molar-refractivity contribution in [2.45, 2.75) is 93.8 Å². The molecule has 0 aliphatic rings. The number of rotatable bonds is 5. The van der Waals surface area contributed by atoms with Gasteiger partial charge in [0.1, 0.15) is 0 Å². The molecule has 0 saturated heterocycles. The van der Waals surface area contributed by atoms with Crippen LogP contribution in [0, 0.1) is 38.3 Å². The largest absolute Gasteiger partial charge is 0.305 e. The van der Waals surface area contributed by atoms with Gasteiger partial charge in [-0.2, -0.15) is 11.3 Å². The van der Waals surface area contributed by atoms with Gasteiger partial charge < -0.3 is 9.97 Å². The van der Waals surface area contributed by atoms with Crippen LogP contribution in [-0.2, 0) is 31.9 Å². The molecule has 7 aromatic rings. The van der Waals surface area contributed by atoms with Gasteiger partial charge in [-0.1, -0.05) is 114 Å². The molecule has 0 amide bonds. The second-order valence-corrected chi connectivity index (χ2v) is 23.9. The normalized spacial score (nSPS) is 12.0. The molecule has 0 spiro atoms. The van der Waals surface area contributed by atoms with Crippen LogP contribution in [0.1, 0.15) is 69.4 Å². The van der Waals surface area contributed by atoms with Crippen molar-refractivity contribution in [2.75, 3.05) is 0 Å². The SMILES string of the molecule is CC(C)(C)Cc1cc(-c2[c-]cccc2)ncc1[Si](C)(C)C.Cc1cc(C)c(-c2ccc3c(c2)sc2c(-c4cc(C(C)(C)C)ccn4)[c-]ccc23)c(C)c1.[Ir]. The second kappa shape index (κ2) is 16.2. The van der Waals surface area contributed by atoms with Crippen LogP contribution in [0.4, 0.5) is 0 Å². The van der Waals surface area contributed by atoms with Crippen molar-refractivity contribution in [3.63, 3.8) is 0 Å². The zero-order valence-corrected chi connectivity index (χ0v) is 38.3. The van der Waals surface area contributed by atoms with Gasteiger partial charge in [0.15, 0.2) is 0 Å². The monoisotopic (exact) mass is 923 g/mol. The van der Waals surface area contributed by atoms with Crippen molar-refractivity contribution in [3.8, 4) is 33.6 Å². The molecule has 0 atom stereocenters. The molecule has 0 N–H and O–H groups in total. The van der Waals surface area contributed by atoms with E-state index in [-0.39, 0.29) is 30.9 Å². The minimum absolute atomic E-state index is 0. The first-order chi connectivity index (χ1) is 24.9. The van der Waals surface area contributed by atoms with E-state index in [2.05, 4.69) is 161 Å². The molecule has 3 aromatic heterocycles. The quantitative estimate of drug-likeness (QED) is 0.127. The second-order valence-electron chi connectivity index (χ2n) is 17.9. The van der Waals surface area contributed by atoms with Crippen LogP contribution in [0.15, 0.2) is 97.3 Å². The number of nitrogens with zero attached hydrogens (tertiary/aromatic N) is 2. The Bertz CT molecular complexity index is 2380. The van der Waals surface area contributed by atoms with Crippen molar-refractivity contribution in [1.29, 1.82) is 0 Å². The van der Waals surface area contributed by atoms with Crippen LogP contribution >= 0.6 is 11.3 Å². The molecule has 1 radical (unpaired) electrons. The Hall–Kier alpha value is -3.73. The van der Waals surface area contributed by atoms with E-state index in [1.54, 1.807) is 0 Å². The molecule has 0 fully saturated rings. The smallest absolute Gasteiger partial charge is 0.0798 e. The molecule has 0 aliphatic carbocycles. The number of hydrogen-bond acceptors (Lipinski definition) is 3. The molecule has 0 saturated carbocycles. The van der Waals surface area contributed by atoms with Crippen molar-refractivity contribution < 1.29 is 20.1 Å². The van der Waals surface area contributed by atoms with Gasteiger partial charge in [0, 0.05) is 37.2 Å². The topological polar surface area (TPSA) is 25.8 Å². The molecule has 5 heteroatoms. The van der Waals surface area contributed by atoms with E-state index >= 15 is 0 Å². The van der Waals surface area contributed by atoms with E-state index in [4.69, 9.17) is 9.97 Å². The Labute approximate surface area is 342 Å². The van der Waals surface area contributed by atoms with Gasteiger partial charge in [-0.15, -0.1) is 59.7 Å². The van der Waals surface area contributed by atoms with Crippen molar-refractivity contribution >= 4 is 44.8 Å². The minimum Gasteiger partial charge on any atom is -0.305 e. The van der Waals surface area contributed by atoms with E-state index < -0.39 is 8.07 Å². The first kappa shape index (κ1) is 41.4. The molecule has 281 valence electrons. The number of aromatic nitrogens is 2. The molecule has 4 aromatic carbocycles. The van der Waals surface area contributed by atoms with Crippen LogP contribution < -0.4 is 5.19 Å². The fraction of sp³-hybridized carbons (Fsp3) is 0.306. The molecule has 0 aliphatic heterocycles. The Morgan fingerprint density at radius 1 is 0.722 bits per heavy atom. The zero-order chi connectivity index (χ0) is 38.3. The standard InChI is InChI=1S/C30H28NS.C19H26NSi.Ir/c1-18-14-19(2)28(20(3)15-18)21-10-11-23-24-8-7-9-25(29(24)32-27(23)16-21)26-17-22(12-13-31-26)30(4,5)6;1-19(2,3)13-16-12-17(15-10-8-7-9-11-15)20-14-18(16)21(4,5)6;/h7-8,10-17H,1-6H3;7-10,12,14H,13H2,1-6H3;/q2*-1;. The molecule has 54 heavy (non-hydrogen) atoms.